The summed E-state index contributed by atoms with van der Waals surface area (Å²) < 4.78 is 0. The van der Waals surface area contributed by atoms with E-state index in [1.165, 1.54) is 5.56 Å². The minimum Gasteiger partial charge on any atom is -0.343 e. The molecule has 130 valence electrons. The Balaban J connectivity index is 1.57. The highest BCUT2D eigenvalue weighted by Gasteiger charge is 2.37. The molecule has 2 amide bonds. The Kier molecular flexibility index (Phi) is 5.51. The predicted octanol–water partition coefficient (Wildman–Crippen LogP) is 1.76. The van der Waals surface area contributed by atoms with Crippen LogP contribution in [0.5, 0.6) is 0 Å². The average molecular weight is 329 g/mol. The summed E-state index contributed by atoms with van der Waals surface area (Å²) in [5.41, 5.74) is 6.64. The highest BCUT2D eigenvalue weighted by molar-refractivity contribution is 5.80. The van der Waals surface area contributed by atoms with Gasteiger partial charge in [-0.2, -0.15) is 0 Å². The average Bonchev–Trinajstić information content (AvgIpc) is 3.45. The number of rotatable bonds is 6. The summed E-state index contributed by atoms with van der Waals surface area (Å²) in [5, 5.41) is 0. The fourth-order valence-electron chi connectivity index (χ4n) is 3.45. The molecule has 0 atom stereocenters. The number of benzene rings is 1. The molecule has 5 nitrogen and oxygen atoms in total. The molecule has 2 aliphatic rings. The molecule has 2 fully saturated rings. The van der Waals surface area contributed by atoms with Crippen molar-refractivity contribution in [2.75, 3.05) is 19.6 Å². The van der Waals surface area contributed by atoms with Crippen molar-refractivity contribution in [1.29, 1.82) is 0 Å². The molecular formula is C19H27N3O2. The molecule has 0 spiro atoms. The monoisotopic (exact) mass is 329 g/mol. The second kappa shape index (κ2) is 7.79. The number of likely N-dealkylation sites (tertiary alicyclic amines) is 1. The lowest BCUT2D eigenvalue weighted by molar-refractivity contribution is -0.141. The quantitative estimate of drug-likeness (QED) is 0.865. The lowest BCUT2D eigenvalue weighted by Gasteiger charge is -2.34. The van der Waals surface area contributed by atoms with Crippen LogP contribution in [0, 0.1) is 5.92 Å². The Hall–Kier alpha value is -1.88. The third-order valence-corrected chi connectivity index (χ3v) is 5.02. The largest absolute Gasteiger partial charge is 0.343 e. The molecule has 1 aromatic carbocycles. The number of piperidine rings is 1. The van der Waals surface area contributed by atoms with Crippen LogP contribution in [-0.2, 0) is 16.1 Å². The van der Waals surface area contributed by atoms with Gasteiger partial charge in [-0.1, -0.05) is 30.3 Å². The zero-order chi connectivity index (χ0) is 16.9. The fourth-order valence-corrected chi connectivity index (χ4v) is 3.45. The van der Waals surface area contributed by atoms with E-state index < -0.39 is 0 Å². The minimum absolute atomic E-state index is 0.0521. The maximum atomic E-state index is 13.0. The molecule has 2 N–H and O–H groups in total. The van der Waals surface area contributed by atoms with Gasteiger partial charge in [0.2, 0.25) is 11.8 Å². The second-order valence-electron chi connectivity index (χ2n) is 6.88. The Morgan fingerprint density at radius 3 is 2.33 bits per heavy atom. The van der Waals surface area contributed by atoms with Crippen LogP contribution < -0.4 is 5.73 Å². The standard InChI is InChI=1S/C19H27N3O2/c20-11-8-18(23)21-12-9-16(10-13-21)19(24)22(17-6-7-17)14-15-4-2-1-3-5-15/h1-5,16-17H,6-14,20H2. The van der Waals surface area contributed by atoms with Crippen molar-refractivity contribution in [2.45, 2.75) is 44.7 Å². The molecular weight excluding hydrogens is 302 g/mol. The number of amides is 2. The number of nitrogens with zero attached hydrogens (tertiary/aromatic N) is 2. The van der Waals surface area contributed by atoms with Gasteiger partial charge in [0, 0.05) is 44.6 Å². The molecule has 3 rings (SSSR count). The summed E-state index contributed by atoms with van der Waals surface area (Å²) >= 11 is 0. The van der Waals surface area contributed by atoms with Gasteiger partial charge in [-0.3, -0.25) is 9.59 Å². The van der Waals surface area contributed by atoms with E-state index in [0.29, 0.717) is 38.6 Å². The van der Waals surface area contributed by atoms with Crippen LogP contribution in [0.1, 0.15) is 37.7 Å². The number of carbonyl (C=O) groups excluding carboxylic acids is 2. The van der Waals surface area contributed by atoms with Gasteiger partial charge in [0.15, 0.2) is 0 Å². The molecule has 5 heteroatoms. The van der Waals surface area contributed by atoms with Crippen LogP contribution in [0.2, 0.25) is 0 Å². The summed E-state index contributed by atoms with van der Waals surface area (Å²) in [6.07, 6.45) is 4.18. The van der Waals surface area contributed by atoms with Crippen LogP contribution >= 0.6 is 0 Å². The first-order chi connectivity index (χ1) is 11.7. The number of carbonyl (C=O) groups is 2. The van der Waals surface area contributed by atoms with Crippen molar-refractivity contribution in [3.63, 3.8) is 0 Å². The Morgan fingerprint density at radius 1 is 1.08 bits per heavy atom. The summed E-state index contributed by atoms with van der Waals surface area (Å²) in [6.45, 7) is 2.46. The topological polar surface area (TPSA) is 66.6 Å². The van der Waals surface area contributed by atoms with Crippen LogP contribution in [0.15, 0.2) is 30.3 Å². The minimum atomic E-state index is 0.0521. The van der Waals surface area contributed by atoms with Gasteiger partial charge in [-0.15, -0.1) is 0 Å². The maximum Gasteiger partial charge on any atom is 0.226 e. The molecule has 1 aliphatic heterocycles. The molecule has 0 bridgehead atoms. The van der Waals surface area contributed by atoms with Crippen molar-refractivity contribution in [1.82, 2.24) is 9.80 Å². The van der Waals surface area contributed by atoms with E-state index in [1.54, 1.807) is 0 Å². The molecule has 1 heterocycles. The van der Waals surface area contributed by atoms with Crippen molar-refractivity contribution in [3.8, 4) is 0 Å². The lowest BCUT2D eigenvalue weighted by atomic mass is 9.94. The second-order valence-corrected chi connectivity index (χ2v) is 6.88. The van der Waals surface area contributed by atoms with Crippen LogP contribution in [0.3, 0.4) is 0 Å². The number of hydrogen-bond donors (Lipinski definition) is 1. The molecule has 0 unspecified atom stereocenters. The number of nitrogens with two attached hydrogens (primary N) is 1. The van der Waals surface area contributed by atoms with Gasteiger partial charge in [0.05, 0.1) is 0 Å². The van der Waals surface area contributed by atoms with E-state index in [-0.39, 0.29) is 17.7 Å². The summed E-state index contributed by atoms with van der Waals surface area (Å²) in [6, 6.07) is 10.6. The van der Waals surface area contributed by atoms with Crippen LogP contribution in [-0.4, -0.2) is 47.3 Å². The van der Waals surface area contributed by atoms with Gasteiger partial charge in [0.1, 0.15) is 0 Å². The molecule has 1 aromatic rings. The van der Waals surface area contributed by atoms with Gasteiger partial charge in [0.25, 0.3) is 0 Å². The van der Waals surface area contributed by atoms with E-state index >= 15 is 0 Å². The third-order valence-electron chi connectivity index (χ3n) is 5.02. The van der Waals surface area contributed by atoms with E-state index in [0.717, 1.165) is 25.7 Å². The molecule has 24 heavy (non-hydrogen) atoms. The summed E-state index contributed by atoms with van der Waals surface area (Å²) in [7, 11) is 0. The van der Waals surface area contributed by atoms with E-state index in [1.807, 2.05) is 23.1 Å². The SMILES string of the molecule is NCCC(=O)N1CCC(C(=O)N(Cc2ccccc2)C2CC2)CC1. The first-order valence-electron chi connectivity index (χ1n) is 9.01. The van der Waals surface area contributed by atoms with Gasteiger partial charge >= 0.3 is 0 Å². The third kappa shape index (κ3) is 4.15. The smallest absolute Gasteiger partial charge is 0.226 e. The van der Waals surface area contributed by atoms with Gasteiger partial charge < -0.3 is 15.5 Å². The molecule has 1 saturated heterocycles. The molecule has 1 aliphatic carbocycles. The Morgan fingerprint density at radius 2 is 1.75 bits per heavy atom. The van der Waals surface area contributed by atoms with Crippen molar-refractivity contribution >= 4 is 11.8 Å². The highest BCUT2D eigenvalue weighted by atomic mass is 16.2. The van der Waals surface area contributed by atoms with Crippen molar-refractivity contribution in [2.24, 2.45) is 11.7 Å². The molecule has 1 saturated carbocycles. The maximum absolute atomic E-state index is 13.0. The van der Waals surface area contributed by atoms with Crippen LogP contribution in [0.25, 0.3) is 0 Å². The zero-order valence-electron chi connectivity index (χ0n) is 14.2. The first kappa shape index (κ1) is 17.0. The first-order valence-corrected chi connectivity index (χ1v) is 9.01. The Labute approximate surface area is 143 Å². The summed E-state index contributed by atoms with van der Waals surface area (Å²) in [5.74, 6) is 0.440. The summed E-state index contributed by atoms with van der Waals surface area (Å²) in [4.78, 5) is 28.8. The highest BCUT2D eigenvalue weighted by Crippen LogP contribution is 2.31. The van der Waals surface area contributed by atoms with Gasteiger partial charge in [-0.25, -0.2) is 0 Å². The normalized spacial score (nSPS) is 18.5. The Bertz CT molecular complexity index is 563. The van der Waals surface area contributed by atoms with E-state index in [9.17, 15) is 9.59 Å². The molecule has 0 radical (unpaired) electrons. The zero-order valence-corrected chi connectivity index (χ0v) is 14.2. The van der Waals surface area contributed by atoms with E-state index in [4.69, 9.17) is 5.73 Å². The van der Waals surface area contributed by atoms with Gasteiger partial charge in [-0.05, 0) is 31.2 Å². The predicted molar refractivity (Wildman–Crippen MR) is 93.0 cm³/mol. The van der Waals surface area contributed by atoms with Crippen molar-refractivity contribution < 1.29 is 9.59 Å². The van der Waals surface area contributed by atoms with Crippen molar-refractivity contribution in [3.05, 3.63) is 35.9 Å². The fraction of sp³-hybridized carbons (Fsp3) is 0.579. The number of hydrogen-bond acceptors (Lipinski definition) is 3. The van der Waals surface area contributed by atoms with E-state index in [2.05, 4.69) is 17.0 Å². The lowest BCUT2D eigenvalue weighted by Crippen LogP contribution is -2.45. The molecule has 0 aromatic heterocycles. The van der Waals surface area contributed by atoms with Crippen LogP contribution in [0.4, 0.5) is 0 Å².